The number of hydrogen-bond donors (Lipinski definition) is 6. The van der Waals surface area contributed by atoms with Crippen LogP contribution in [0.5, 0.6) is 0 Å². The van der Waals surface area contributed by atoms with Crippen LogP contribution in [0.2, 0.25) is 0 Å². The fourth-order valence-electron chi connectivity index (χ4n) is 2.72. The highest BCUT2D eigenvalue weighted by atomic mass is 16.6. The van der Waals surface area contributed by atoms with Crippen LogP contribution in [0, 0.1) is 0 Å². The zero-order valence-corrected chi connectivity index (χ0v) is 14.4. The van der Waals surface area contributed by atoms with E-state index in [4.69, 9.17) is 4.74 Å². The van der Waals surface area contributed by atoms with Gasteiger partial charge in [0.15, 0.2) is 23.2 Å². The highest BCUT2D eigenvalue weighted by molar-refractivity contribution is 5.82. The SMILES string of the molecule is CC(C)(O)C(O)CNc1ncnc2c1ncn2C1OC(CO)C(O)C1O. The van der Waals surface area contributed by atoms with E-state index in [0.29, 0.717) is 17.0 Å². The van der Waals surface area contributed by atoms with E-state index >= 15 is 0 Å². The fraction of sp³-hybridized carbons (Fsp3) is 0.667. The second-order valence-corrected chi connectivity index (χ2v) is 6.83. The molecule has 144 valence electrons. The molecule has 11 nitrogen and oxygen atoms in total. The number of fused-ring (bicyclic) bond motifs is 1. The molecule has 6 N–H and O–H groups in total. The van der Waals surface area contributed by atoms with Crippen LogP contribution in [-0.2, 0) is 4.74 Å². The zero-order chi connectivity index (χ0) is 19.1. The summed E-state index contributed by atoms with van der Waals surface area (Å²) in [5.41, 5.74) is -0.571. The van der Waals surface area contributed by atoms with Crippen LogP contribution in [0.4, 0.5) is 5.82 Å². The molecule has 1 aliphatic heterocycles. The number of hydrogen-bond acceptors (Lipinski definition) is 10. The maximum Gasteiger partial charge on any atom is 0.167 e. The number of aromatic nitrogens is 4. The molecule has 0 saturated carbocycles. The van der Waals surface area contributed by atoms with Crippen molar-refractivity contribution in [2.75, 3.05) is 18.5 Å². The lowest BCUT2D eigenvalue weighted by Gasteiger charge is -2.24. The van der Waals surface area contributed by atoms with Gasteiger partial charge in [0.25, 0.3) is 0 Å². The third kappa shape index (κ3) is 3.37. The second kappa shape index (κ2) is 7.02. The van der Waals surface area contributed by atoms with Gasteiger partial charge in [0.2, 0.25) is 0 Å². The number of rotatable bonds is 6. The van der Waals surface area contributed by atoms with Gasteiger partial charge in [0.1, 0.15) is 24.6 Å². The number of nitrogens with one attached hydrogen (secondary N) is 1. The van der Waals surface area contributed by atoms with Crippen molar-refractivity contribution < 1.29 is 30.3 Å². The van der Waals surface area contributed by atoms with E-state index in [-0.39, 0.29) is 6.54 Å². The molecule has 0 spiro atoms. The number of nitrogens with zero attached hydrogens (tertiary/aromatic N) is 4. The first-order valence-corrected chi connectivity index (χ1v) is 8.18. The Kier molecular flexibility index (Phi) is 5.10. The maximum absolute atomic E-state index is 10.2. The van der Waals surface area contributed by atoms with Crippen LogP contribution in [0.3, 0.4) is 0 Å². The van der Waals surface area contributed by atoms with Crippen molar-refractivity contribution in [2.24, 2.45) is 0 Å². The van der Waals surface area contributed by atoms with E-state index in [1.165, 1.54) is 31.1 Å². The summed E-state index contributed by atoms with van der Waals surface area (Å²) in [7, 11) is 0. The van der Waals surface area contributed by atoms with Crippen molar-refractivity contribution >= 4 is 17.0 Å². The molecular formula is C15H23N5O6. The predicted molar refractivity (Wildman–Crippen MR) is 89.1 cm³/mol. The molecule has 0 radical (unpaired) electrons. The predicted octanol–water partition coefficient (Wildman–Crippen LogP) is -2.02. The Balaban J connectivity index is 1.85. The monoisotopic (exact) mass is 369 g/mol. The third-order valence-corrected chi connectivity index (χ3v) is 4.43. The minimum atomic E-state index is -1.28. The summed E-state index contributed by atoms with van der Waals surface area (Å²) in [6.07, 6.45) is -2.73. The van der Waals surface area contributed by atoms with Gasteiger partial charge in [0.05, 0.1) is 24.6 Å². The molecule has 5 atom stereocenters. The minimum absolute atomic E-state index is 0.0380. The van der Waals surface area contributed by atoms with Gasteiger partial charge in [0, 0.05) is 6.54 Å². The molecule has 3 heterocycles. The van der Waals surface area contributed by atoms with Crippen molar-refractivity contribution in [3.05, 3.63) is 12.7 Å². The van der Waals surface area contributed by atoms with Crippen molar-refractivity contribution in [1.82, 2.24) is 19.5 Å². The first-order valence-electron chi connectivity index (χ1n) is 8.18. The molecule has 0 amide bonds. The van der Waals surface area contributed by atoms with Crippen LogP contribution in [0.1, 0.15) is 20.1 Å². The zero-order valence-electron chi connectivity index (χ0n) is 14.4. The Labute approximate surface area is 148 Å². The normalized spacial score (nSPS) is 27.8. The Bertz CT molecular complexity index is 763. The molecular weight excluding hydrogens is 346 g/mol. The summed E-state index contributed by atoms with van der Waals surface area (Å²) in [6.45, 7) is 2.59. The summed E-state index contributed by atoms with van der Waals surface area (Å²) in [5.74, 6) is 0.337. The van der Waals surface area contributed by atoms with Crippen molar-refractivity contribution in [3.8, 4) is 0 Å². The molecule has 0 aliphatic carbocycles. The molecule has 1 aliphatic rings. The van der Waals surface area contributed by atoms with E-state index in [1.54, 1.807) is 0 Å². The Hall–Kier alpha value is -1.89. The fourth-order valence-corrected chi connectivity index (χ4v) is 2.72. The smallest absolute Gasteiger partial charge is 0.167 e. The number of aliphatic hydroxyl groups is 5. The highest BCUT2D eigenvalue weighted by Gasteiger charge is 2.44. The lowest BCUT2D eigenvalue weighted by atomic mass is 10.0. The van der Waals surface area contributed by atoms with Gasteiger partial charge in [-0.25, -0.2) is 15.0 Å². The van der Waals surface area contributed by atoms with E-state index in [1.807, 2.05) is 0 Å². The van der Waals surface area contributed by atoms with Crippen LogP contribution in [-0.4, -0.2) is 88.2 Å². The maximum atomic E-state index is 10.2. The van der Waals surface area contributed by atoms with Gasteiger partial charge < -0.3 is 35.6 Å². The van der Waals surface area contributed by atoms with Gasteiger partial charge in [-0.2, -0.15) is 0 Å². The Morgan fingerprint density at radius 2 is 2.00 bits per heavy atom. The summed E-state index contributed by atoms with van der Waals surface area (Å²) in [5, 5.41) is 51.9. The first kappa shape index (κ1) is 18.9. The number of aliphatic hydroxyl groups excluding tert-OH is 4. The van der Waals surface area contributed by atoms with Crippen molar-refractivity contribution in [3.63, 3.8) is 0 Å². The van der Waals surface area contributed by atoms with Gasteiger partial charge >= 0.3 is 0 Å². The van der Waals surface area contributed by atoms with E-state index in [2.05, 4.69) is 20.3 Å². The average Bonchev–Trinajstić information content (AvgIpc) is 3.14. The standard InChI is InChI=1S/C15H23N5O6/c1-15(2,25)8(22)3-16-12-9-13(18-5-17-12)20(6-19-9)14-11(24)10(23)7(4-21)26-14/h5-8,10-11,14,21-25H,3-4H2,1-2H3,(H,16,17,18). The molecule has 2 aromatic heterocycles. The second-order valence-electron chi connectivity index (χ2n) is 6.83. The summed E-state index contributed by atoms with van der Waals surface area (Å²) in [6, 6.07) is 0. The first-order chi connectivity index (χ1) is 12.2. The number of imidazole rings is 1. The molecule has 0 aromatic carbocycles. The summed E-state index contributed by atoms with van der Waals surface area (Å²) >= 11 is 0. The topological polar surface area (TPSA) is 166 Å². The van der Waals surface area contributed by atoms with E-state index < -0.39 is 42.9 Å². The lowest BCUT2D eigenvalue weighted by Crippen LogP contribution is -2.40. The van der Waals surface area contributed by atoms with Gasteiger partial charge in [-0.3, -0.25) is 4.57 Å². The van der Waals surface area contributed by atoms with Gasteiger partial charge in [-0.1, -0.05) is 0 Å². The average molecular weight is 369 g/mol. The quantitative estimate of drug-likeness (QED) is 0.335. The van der Waals surface area contributed by atoms with Crippen LogP contribution in [0.15, 0.2) is 12.7 Å². The van der Waals surface area contributed by atoms with E-state index in [0.717, 1.165) is 0 Å². The van der Waals surface area contributed by atoms with Crippen molar-refractivity contribution in [1.29, 1.82) is 0 Å². The molecule has 1 fully saturated rings. The Morgan fingerprint density at radius 1 is 1.27 bits per heavy atom. The highest BCUT2D eigenvalue weighted by Crippen LogP contribution is 2.32. The lowest BCUT2D eigenvalue weighted by molar-refractivity contribution is -0.0511. The van der Waals surface area contributed by atoms with Crippen LogP contribution < -0.4 is 5.32 Å². The molecule has 26 heavy (non-hydrogen) atoms. The number of anilines is 1. The largest absolute Gasteiger partial charge is 0.394 e. The van der Waals surface area contributed by atoms with Gasteiger partial charge in [-0.05, 0) is 13.8 Å². The summed E-state index contributed by atoms with van der Waals surface area (Å²) < 4.78 is 6.93. The Morgan fingerprint density at radius 3 is 2.62 bits per heavy atom. The summed E-state index contributed by atoms with van der Waals surface area (Å²) in [4.78, 5) is 12.4. The molecule has 5 unspecified atom stereocenters. The van der Waals surface area contributed by atoms with Crippen LogP contribution >= 0.6 is 0 Å². The molecule has 2 aromatic rings. The van der Waals surface area contributed by atoms with Gasteiger partial charge in [-0.15, -0.1) is 0 Å². The molecule has 11 heteroatoms. The third-order valence-electron chi connectivity index (χ3n) is 4.43. The molecule has 3 rings (SSSR count). The molecule has 0 bridgehead atoms. The number of ether oxygens (including phenoxy) is 1. The molecule has 1 saturated heterocycles. The minimum Gasteiger partial charge on any atom is -0.394 e. The van der Waals surface area contributed by atoms with Crippen molar-refractivity contribution in [2.45, 2.75) is 50.1 Å². The van der Waals surface area contributed by atoms with Crippen LogP contribution in [0.25, 0.3) is 11.2 Å². The van der Waals surface area contributed by atoms with E-state index in [9.17, 15) is 25.5 Å².